The largest absolute Gasteiger partial charge is 0.504 e. The Morgan fingerprint density at radius 2 is 1.96 bits per heavy atom. The van der Waals surface area contributed by atoms with Gasteiger partial charge >= 0.3 is 12.2 Å². The molecule has 0 heterocycles. The summed E-state index contributed by atoms with van der Waals surface area (Å²) < 4.78 is 43.1. The van der Waals surface area contributed by atoms with Gasteiger partial charge in [0.2, 0.25) is 0 Å². The number of aromatic hydroxyl groups is 1. The normalized spacial score (nSPS) is 11.1. The number of benzene rings is 2. The van der Waals surface area contributed by atoms with E-state index in [4.69, 9.17) is 16.3 Å². The molecule has 0 radical (unpaired) electrons. The predicted octanol–water partition coefficient (Wildman–Crippen LogP) is 4.39. The number of rotatable bonds is 4. The quantitative estimate of drug-likeness (QED) is 0.743. The number of halogens is 4. The number of nitrogens with one attached hydrogen (secondary N) is 2. The van der Waals surface area contributed by atoms with Crippen molar-refractivity contribution in [3.05, 3.63) is 52.5 Å². The highest BCUT2D eigenvalue weighted by molar-refractivity contribution is 6.33. The minimum atomic E-state index is -4.54. The van der Waals surface area contributed by atoms with Crippen LogP contribution in [0.15, 0.2) is 36.4 Å². The average Bonchev–Trinajstić information content (AvgIpc) is 2.55. The Morgan fingerprint density at radius 3 is 2.60 bits per heavy atom. The van der Waals surface area contributed by atoms with E-state index in [9.17, 15) is 23.1 Å². The van der Waals surface area contributed by atoms with Crippen LogP contribution in [0.25, 0.3) is 0 Å². The van der Waals surface area contributed by atoms with Crippen LogP contribution in [-0.4, -0.2) is 18.2 Å². The molecule has 134 valence electrons. The fourth-order valence-electron chi connectivity index (χ4n) is 1.98. The van der Waals surface area contributed by atoms with Gasteiger partial charge in [-0.15, -0.1) is 0 Å². The highest BCUT2D eigenvalue weighted by atomic mass is 35.5. The highest BCUT2D eigenvalue weighted by Gasteiger charge is 2.31. The zero-order valence-corrected chi connectivity index (χ0v) is 13.7. The van der Waals surface area contributed by atoms with E-state index in [0.717, 1.165) is 18.2 Å². The molecular formula is C16H14ClF3N2O3. The van der Waals surface area contributed by atoms with Crippen molar-refractivity contribution in [2.45, 2.75) is 12.7 Å². The third-order valence-corrected chi connectivity index (χ3v) is 3.57. The van der Waals surface area contributed by atoms with Gasteiger partial charge in [-0.3, -0.25) is 0 Å². The first-order valence-corrected chi connectivity index (χ1v) is 7.36. The van der Waals surface area contributed by atoms with Crippen molar-refractivity contribution in [3.8, 4) is 11.5 Å². The smallest absolute Gasteiger partial charge is 0.416 e. The Labute approximate surface area is 146 Å². The van der Waals surface area contributed by atoms with E-state index >= 15 is 0 Å². The first-order chi connectivity index (χ1) is 11.7. The number of hydrogen-bond donors (Lipinski definition) is 3. The number of urea groups is 1. The van der Waals surface area contributed by atoms with Crippen molar-refractivity contribution in [2.24, 2.45) is 0 Å². The van der Waals surface area contributed by atoms with E-state index in [2.05, 4.69) is 10.6 Å². The summed E-state index contributed by atoms with van der Waals surface area (Å²) in [6.07, 6.45) is -4.54. The second-order valence-corrected chi connectivity index (χ2v) is 5.41. The van der Waals surface area contributed by atoms with Crippen LogP contribution in [0.5, 0.6) is 11.5 Å². The maximum absolute atomic E-state index is 12.7. The van der Waals surface area contributed by atoms with Crippen LogP contribution in [-0.2, 0) is 12.7 Å². The lowest BCUT2D eigenvalue weighted by Gasteiger charge is -2.13. The number of phenolic OH excluding ortho intramolecular Hbond substituents is 1. The van der Waals surface area contributed by atoms with Crippen LogP contribution < -0.4 is 15.4 Å². The van der Waals surface area contributed by atoms with Crippen molar-refractivity contribution in [2.75, 3.05) is 12.4 Å². The molecule has 2 amide bonds. The lowest BCUT2D eigenvalue weighted by molar-refractivity contribution is -0.137. The molecule has 0 spiro atoms. The standard InChI is InChI=1S/C16H14ClF3N2O3/c1-25-14-6-9(2-5-13(14)23)8-21-15(24)22-12-7-10(16(18,19)20)3-4-11(12)17/h2-7,23H,8H2,1H3,(H2,21,22,24). The van der Waals surface area contributed by atoms with Crippen molar-refractivity contribution in [1.82, 2.24) is 5.32 Å². The van der Waals surface area contributed by atoms with Crippen LogP contribution in [0, 0.1) is 0 Å². The number of anilines is 1. The molecule has 0 bridgehead atoms. The Balaban J connectivity index is 2.03. The molecule has 5 nitrogen and oxygen atoms in total. The Bertz CT molecular complexity index is 782. The average molecular weight is 375 g/mol. The van der Waals surface area contributed by atoms with Gasteiger partial charge in [0, 0.05) is 6.54 Å². The highest BCUT2D eigenvalue weighted by Crippen LogP contribution is 2.33. The molecule has 0 aliphatic rings. The summed E-state index contributed by atoms with van der Waals surface area (Å²) in [4.78, 5) is 11.9. The molecule has 25 heavy (non-hydrogen) atoms. The van der Waals surface area contributed by atoms with Gasteiger partial charge in [-0.2, -0.15) is 13.2 Å². The van der Waals surface area contributed by atoms with Gasteiger partial charge in [0.15, 0.2) is 11.5 Å². The molecule has 0 fully saturated rings. The Morgan fingerprint density at radius 1 is 1.24 bits per heavy atom. The maximum Gasteiger partial charge on any atom is 0.416 e. The van der Waals surface area contributed by atoms with Gasteiger partial charge in [-0.25, -0.2) is 4.79 Å². The third kappa shape index (κ3) is 4.93. The Hall–Kier alpha value is -2.61. The second-order valence-electron chi connectivity index (χ2n) is 5.01. The summed E-state index contributed by atoms with van der Waals surface area (Å²) in [6.45, 7) is 0.0685. The minimum Gasteiger partial charge on any atom is -0.504 e. The monoisotopic (exact) mass is 374 g/mol. The fourth-order valence-corrected chi connectivity index (χ4v) is 2.14. The number of carbonyl (C=O) groups is 1. The third-order valence-electron chi connectivity index (χ3n) is 3.24. The molecule has 0 unspecified atom stereocenters. The van der Waals surface area contributed by atoms with Gasteiger partial charge < -0.3 is 20.5 Å². The lowest BCUT2D eigenvalue weighted by Crippen LogP contribution is -2.28. The van der Waals surface area contributed by atoms with E-state index in [1.807, 2.05) is 0 Å². The first kappa shape index (κ1) is 18.7. The summed E-state index contributed by atoms with van der Waals surface area (Å²) in [5.41, 5.74) is -0.451. The molecule has 0 saturated carbocycles. The van der Waals surface area contributed by atoms with E-state index in [1.165, 1.54) is 19.2 Å². The van der Waals surface area contributed by atoms with E-state index in [1.54, 1.807) is 6.07 Å². The number of ether oxygens (including phenoxy) is 1. The number of phenols is 1. The summed E-state index contributed by atoms with van der Waals surface area (Å²) in [6, 6.07) is 6.40. The van der Waals surface area contributed by atoms with Gasteiger partial charge in [0.05, 0.1) is 23.4 Å². The van der Waals surface area contributed by atoms with Gasteiger partial charge in [0.25, 0.3) is 0 Å². The van der Waals surface area contributed by atoms with E-state index in [-0.39, 0.29) is 28.8 Å². The first-order valence-electron chi connectivity index (χ1n) is 6.98. The number of methoxy groups -OCH3 is 1. The molecule has 2 aromatic carbocycles. The number of hydrogen-bond acceptors (Lipinski definition) is 3. The van der Waals surface area contributed by atoms with Gasteiger partial charge in [-0.05, 0) is 35.9 Å². The van der Waals surface area contributed by atoms with Crippen LogP contribution in [0.4, 0.5) is 23.7 Å². The van der Waals surface area contributed by atoms with Crippen LogP contribution in [0.3, 0.4) is 0 Å². The van der Waals surface area contributed by atoms with Crippen molar-refractivity contribution < 1.29 is 27.8 Å². The number of alkyl halides is 3. The second kappa shape index (κ2) is 7.52. The molecular weight excluding hydrogens is 361 g/mol. The molecule has 2 aromatic rings. The molecule has 9 heteroatoms. The van der Waals surface area contributed by atoms with E-state index < -0.39 is 17.8 Å². The SMILES string of the molecule is COc1cc(CNC(=O)Nc2cc(C(F)(F)F)ccc2Cl)ccc1O. The van der Waals surface area contributed by atoms with Crippen molar-refractivity contribution >= 4 is 23.3 Å². The molecule has 0 saturated heterocycles. The minimum absolute atomic E-state index is 0.0190. The van der Waals surface area contributed by atoms with Crippen molar-refractivity contribution in [1.29, 1.82) is 0 Å². The van der Waals surface area contributed by atoms with Gasteiger partial charge in [-0.1, -0.05) is 17.7 Å². The maximum atomic E-state index is 12.7. The molecule has 0 atom stereocenters. The summed E-state index contributed by atoms with van der Waals surface area (Å²) in [7, 11) is 1.38. The fraction of sp³-hybridized carbons (Fsp3) is 0.188. The van der Waals surface area contributed by atoms with Crippen LogP contribution in [0.1, 0.15) is 11.1 Å². The number of amides is 2. The molecule has 2 rings (SSSR count). The molecule has 0 aliphatic carbocycles. The zero-order chi connectivity index (χ0) is 18.6. The summed E-state index contributed by atoms with van der Waals surface area (Å²) >= 11 is 5.81. The molecule has 0 aliphatic heterocycles. The predicted molar refractivity (Wildman–Crippen MR) is 87.0 cm³/mol. The van der Waals surface area contributed by atoms with Gasteiger partial charge in [0.1, 0.15) is 0 Å². The molecule has 0 aromatic heterocycles. The lowest BCUT2D eigenvalue weighted by atomic mass is 10.2. The van der Waals surface area contributed by atoms with E-state index in [0.29, 0.717) is 5.56 Å². The zero-order valence-electron chi connectivity index (χ0n) is 12.9. The summed E-state index contributed by atoms with van der Waals surface area (Å²) in [5, 5.41) is 14.2. The van der Waals surface area contributed by atoms with Crippen molar-refractivity contribution in [3.63, 3.8) is 0 Å². The number of carbonyl (C=O) groups excluding carboxylic acids is 1. The topological polar surface area (TPSA) is 70.6 Å². The van der Waals surface area contributed by atoms with Crippen LogP contribution >= 0.6 is 11.6 Å². The Kier molecular flexibility index (Phi) is 5.63. The molecule has 3 N–H and O–H groups in total. The summed E-state index contributed by atoms with van der Waals surface area (Å²) in [5.74, 6) is 0.187. The van der Waals surface area contributed by atoms with Crippen LogP contribution in [0.2, 0.25) is 5.02 Å².